The summed E-state index contributed by atoms with van der Waals surface area (Å²) in [4.78, 5) is 0. The van der Waals surface area contributed by atoms with E-state index >= 15 is 0 Å². The van der Waals surface area contributed by atoms with Crippen molar-refractivity contribution in [2.45, 2.75) is 32.4 Å². The standard InChI is InChI=1S/C10H17NO2/c1-2-9(12)5-6-11-8-10-4-3-7-13-10/h3-4,7,9,11-12H,2,5-6,8H2,1H3. The third kappa shape index (κ3) is 4.10. The van der Waals surface area contributed by atoms with Gasteiger partial charge in [-0.25, -0.2) is 0 Å². The number of hydrogen-bond donors (Lipinski definition) is 2. The monoisotopic (exact) mass is 183 g/mol. The van der Waals surface area contributed by atoms with Gasteiger partial charge in [0.2, 0.25) is 0 Å². The molecule has 1 aromatic heterocycles. The van der Waals surface area contributed by atoms with E-state index in [-0.39, 0.29) is 6.10 Å². The lowest BCUT2D eigenvalue weighted by Crippen LogP contribution is -2.19. The molecule has 0 bridgehead atoms. The van der Waals surface area contributed by atoms with Crippen molar-refractivity contribution in [1.29, 1.82) is 0 Å². The first kappa shape index (κ1) is 10.3. The molecule has 1 heterocycles. The minimum atomic E-state index is -0.177. The Labute approximate surface area is 78.8 Å². The zero-order chi connectivity index (χ0) is 9.52. The summed E-state index contributed by atoms with van der Waals surface area (Å²) in [6.45, 7) is 3.55. The maximum absolute atomic E-state index is 9.25. The Morgan fingerprint density at radius 1 is 1.62 bits per heavy atom. The Morgan fingerprint density at radius 2 is 2.46 bits per heavy atom. The number of rotatable bonds is 6. The SMILES string of the molecule is CCC(O)CCNCc1ccco1. The first-order valence-electron chi connectivity index (χ1n) is 4.74. The van der Waals surface area contributed by atoms with Crippen LogP contribution in [0.25, 0.3) is 0 Å². The summed E-state index contributed by atoms with van der Waals surface area (Å²) in [6, 6.07) is 3.81. The second kappa shape index (κ2) is 5.78. The smallest absolute Gasteiger partial charge is 0.117 e. The molecule has 0 amide bonds. The van der Waals surface area contributed by atoms with Gasteiger partial charge in [-0.15, -0.1) is 0 Å². The van der Waals surface area contributed by atoms with Gasteiger partial charge < -0.3 is 14.8 Å². The van der Waals surface area contributed by atoms with Crippen LogP contribution in [-0.4, -0.2) is 17.8 Å². The van der Waals surface area contributed by atoms with Gasteiger partial charge in [0.1, 0.15) is 5.76 Å². The van der Waals surface area contributed by atoms with Crippen LogP contribution in [0.15, 0.2) is 22.8 Å². The van der Waals surface area contributed by atoms with Crippen molar-refractivity contribution >= 4 is 0 Å². The molecule has 0 aromatic carbocycles. The van der Waals surface area contributed by atoms with Crippen molar-refractivity contribution < 1.29 is 9.52 Å². The van der Waals surface area contributed by atoms with Crippen molar-refractivity contribution in [2.75, 3.05) is 6.54 Å². The zero-order valence-corrected chi connectivity index (χ0v) is 7.99. The summed E-state index contributed by atoms with van der Waals surface area (Å²) in [5.74, 6) is 0.936. The third-order valence-electron chi connectivity index (χ3n) is 2.00. The molecule has 0 aliphatic carbocycles. The summed E-state index contributed by atoms with van der Waals surface area (Å²) >= 11 is 0. The fourth-order valence-corrected chi connectivity index (χ4v) is 1.10. The summed E-state index contributed by atoms with van der Waals surface area (Å²) in [6.07, 6.45) is 3.11. The molecule has 0 saturated heterocycles. The minimum absolute atomic E-state index is 0.177. The Morgan fingerprint density at radius 3 is 3.08 bits per heavy atom. The van der Waals surface area contributed by atoms with Gasteiger partial charge in [-0.1, -0.05) is 6.92 Å². The van der Waals surface area contributed by atoms with Crippen molar-refractivity contribution in [1.82, 2.24) is 5.32 Å². The van der Waals surface area contributed by atoms with Crippen molar-refractivity contribution in [3.8, 4) is 0 Å². The average molecular weight is 183 g/mol. The third-order valence-corrected chi connectivity index (χ3v) is 2.00. The maximum Gasteiger partial charge on any atom is 0.117 e. The van der Waals surface area contributed by atoms with E-state index in [2.05, 4.69) is 5.32 Å². The number of aliphatic hydroxyl groups is 1. The number of aliphatic hydroxyl groups excluding tert-OH is 1. The van der Waals surface area contributed by atoms with Gasteiger partial charge in [0.25, 0.3) is 0 Å². The molecule has 1 unspecified atom stereocenters. The quantitative estimate of drug-likeness (QED) is 0.657. The van der Waals surface area contributed by atoms with Crippen LogP contribution in [-0.2, 0) is 6.54 Å². The van der Waals surface area contributed by atoms with Gasteiger partial charge in [-0.2, -0.15) is 0 Å². The minimum Gasteiger partial charge on any atom is -0.468 e. The lowest BCUT2D eigenvalue weighted by Gasteiger charge is -2.07. The highest BCUT2D eigenvalue weighted by atomic mass is 16.3. The fraction of sp³-hybridized carbons (Fsp3) is 0.600. The molecule has 1 rings (SSSR count). The number of hydrogen-bond acceptors (Lipinski definition) is 3. The molecular formula is C10H17NO2. The van der Waals surface area contributed by atoms with E-state index < -0.39 is 0 Å². The summed E-state index contributed by atoms with van der Waals surface area (Å²) in [5.41, 5.74) is 0. The molecule has 0 fully saturated rings. The Kier molecular flexibility index (Phi) is 4.57. The number of nitrogens with one attached hydrogen (secondary N) is 1. The topological polar surface area (TPSA) is 45.4 Å². The Hall–Kier alpha value is -0.800. The molecule has 3 nitrogen and oxygen atoms in total. The van der Waals surface area contributed by atoms with E-state index in [9.17, 15) is 5.11 Å². The van der Waals surface area contributed by atoms with Crippen molar-refractivity contribution in [3.63, 3.8) is 0 Å². The molecule has 3 heteroatoms. The Bertz CT molecular complexity index is 209. The van der Waals surface area contributed by atoms with E-state index in [1.807, 2.05) is 19.1 Å². The molecule has 74 valence electrons. The van der Waals surface area contributed by atoms with Gasteiger partial charge in [-0.05, 0) is 31.5 Å². The highest BCUT2D eigenvalue weighted by molar-refractivity contribution is 4.97. The number of furan rings is 1. The van der Waals surface area contributed by atoms with E-state index in [0.717, 1.165) is 31.7 Å². The molecular weight excluding hydrogens is 166 g/mol. The molecule has 2 N–H and O–H groups in total. The van der Waals surface area contributed by atoms with E-state index in [0.29, 0.717) is 0 Å². The normalized spacial score (nSPS) is 13.1. The molecule has 0 spiro atoms. The molecule has 0 radical (unpaired) electrons. The van der Waals surface area contributed by atoms with Crippen LogP contribution in [0.2, 0.25) is 0 Å². The molecule has 0 aliphatic heterocycles. The first-order chi connectivity index (χ1) is 6.33. The van der Waals surface area contributed by atoms with Crippen LogP contribution < -0.4 is 5.32 Å². The van der Waals surface area contributed by atoms with Crippen LogP contribution in [0.3, 0.4) is 0 Å². The van der Waals surface area contributed by atoms with Gasteiger partial charge in [0.05, 0.1) is 18.9 Å². The maximum atomic E-state index is 9.25. The van der Waals surface area contributed by atoms with Gasteiger partial charge in [0.15, 0.2) is 0 Å². The largest absolute Gasteiger partial charge is 0.468 e. The van der Waals surface area contributed by atoms with Crippen LogP contribution >= 0.6 is 0 Å². The van der Waals surface area contributed by atoms with Crippen LogP contribution in [0, 0.1) is 0 Å². The highest BCUT2D eigenvalue weighted by Crippen LogP contribution is 1.99. The van der Waals surface area contributed by atoms with Crippen LogP contribution in [0.1, 0.15) is 25.5 Å². The summed E-state index contributed by atoms with van der Waals surface area (Å²) in [7, 11) is 0. The Balaban J connectivity index is 2.02. The van der Waals surface area contributed by atoms with Crippen LogP contribution in [0.4, 0.5) is 0 Å². The van der Waals surface area contributed by atoms with Gasteiger partial charge in [0, 0.05) is 0 Å². The lowest BCUT2D eigenvalue weighted by atomic mass is 10.2. The summed E-state index contributed by atoms with van der Waals surface area (Å²) < 4.78 is 5.14. The molecule has 1 atom stereocenters. The average Bonchev–Trinajstić information content (AvgIpc) is 2.64. The predicted octanol–water partition coefficient (Wildman–Crippen LogP) is 1.53. The van der Waals surface area contributed by atoms with Crippen molar-refractivity contribution in [3.05, 3.63) is 24.2 Å². The fourth-order valence-electron chi connectivity index (χ4n) is 1.10. The highest BCUT2D eigenvalue weighted by Gasteiger charge is 1.99. The predicted molar refractivity (Wildman–Crippen MR) is 51.3 cm³/mol. The van der Waals surface area contributed by atoms with Crippen LogP contribution in [0.5, 0.6) is 0 Å². The second-order valence-electron chi connectivity index (χ2n) is 3.11. The second-order valence-corrected chi connectivity index (χ2v) is 3.11. The molecule has 1 aromatic rings. The van der Waals surface area contributed by atoms with E-state index in [1.165, 1.54) is 0 Å². The molecule has 13 heavy (non-hydrogen) atoms. The lowest BCUT2D eigenvalue weighted by molar-refractivity contribution is 0.159. The van der Waals surface area contributed by atoms with Gasteiger partial charge in [-0.3, -0.25) is 0 Å². The van der Waals surface area contributed by atoms with Crippen molar-refractivity contribution in [2.24, 2.45) is 0 Å². The van der Waals surface area contributed by atoms with E-state index in [1.54, 1.807) is 6.26 Å². The molecule has 0 aliphatic rings. The first-order valence-corrected chi connectivity index (χ1v) is 4.74. The molecule has 0 saturated carbocycles. The zero-order valence-electron chi connectivity index (χ0n) is 7.99. The summed E-state index contributed by atoms with van der Waals surface area (Å²) in [5, 5.41) is 12.5. The van der Waals surface area contributed by atoms with E-state index in [4.69, 9.17) is 4.42 Å². The van der Waals surface area contributed by atoms with Gasteiger partial charge >= 0.3 is 0 Å².